The molecule has 1 aromatic rings. The lowest BCUT2D eigenvalue weighted by Crippen LogP contribution is -2.26. The number of benzene rings is 1. The Bertz CT molecular complexity index is 360. The molecule has 0 bridgehead atoms. The summed E-state index contributed by atoms with van der Waals surface area (Å²) in [6.45, 7) is 9.83. The average Bonchev–Trinajstić information content (AvgIpc) is 2.29. The van der Waals surface area contributed by atoms with Gasteiger partial charge in [-0.1, -0.05) is 12.1 Å². The van der Waals surface area contributed by atoms with Crippen LogP contribution in [0.3, 0.4) is 0 Å². The number of aryl methyl sites for hydroxylation is 3. The van der Waals surface area contributed by atoms with Gasteiger partial charge in [-0.25, -0.2) is 0 Å². The maximum absolute atomic E-state index is 3.61. The van der Waals surface area contributed by atoms with Gasteiger partial charge in [-0.3, -0.25) is 0 Å². The standard InChI is InChI=1S/C15H25NS/c1-11-8-13(3)15(9-12(11)2)10-16-14(4)6-7-17-5/h8-9,14,16H,6-7,10H2,1-5H3. The number of hydrogen-bond donors (Lipinski definition) is 1. The third kappa shape index (κ3) is 4.72. The van der Waals surface area contributed by atoms with Gasteiger partial charge in [0.15, 0.2) is 0 Å². The van der Waals surface area contributed by atoms with E-state index in [4.69, 9.17) is 0 Å². The van der Waals surface area contributed by atoms with Gasteiger partial charge in [-0.15, -0.1) is 0 Å². The van der Waals surface area contributed by atoms with Crippen molar-refractivity contribution in [3.8, 4) is 0 Å². The van der Waals surface area contributed by atoms with E-state index in [9.17, 15) is 0 Å². The Morgan fingerprint density at radius 1 is 1.12 bits per heavy atom. The summed E-state index contributed by atoms with van der Waals surface area (Å²) >= 11 is 1.92. The van der Waals surface area contributed by atoms with Crippen LogP contribution in [0.15, 0.2) is 12.1 Å². The first-order chi connectivity index (χ1) is 8.04. The van der Waals surface area contributed by atoms with Gasteiger partial charge in [-0.05, 0) is 68.4 Å². The van der Waals surface area contributed by atoms with E-state index in [2.05, 4.69) is 51.4 Å². The lowest BCUT2D eigenvalue weighted by molar-refractivity contribution is 0.536. The zero-order valence-electron chi connectivity index (χ0n) is 11.8. The third-order valence-corrected chi connectivity index (χ3v) is 3.99. The van der Waals surface area contributed by atoms with Gasteiger partial charge in [0.2, 0.25) is 0 Å². The quantitative estimate of drug-likeness (QED) is 0.824. The molecule has 17 heavy (non-hydrogen) atoms. The molecule has 0 aliphatic heterocycles. The van der Waals surface area contributed by atoms with Gasteiger partial charge in [-0.2, -0.15) is 11.8 Å². The van der Waals surface area contributed by atoms with Crippen molar-refractivity contribution in [2.75, 3.05) is 12.0 Å². The zero-order chi connectivity index (χ0) is 12.8. The molecule has 0 aliphatic carbocycles. The summed E-state index contributed by atoms with van der Waals surface area (Å²) in [6.07, 6.45) is 3.41. The molecule has 96 valence electrons. The molecule has 0 spiro atoms. The molecule has 1 rings (SSSR count). The van der Waals surface area contributed by atoms with Crippen LogP contribution in [0.1, 0.15) is 35.6 Å². The molecule has 1 atom stereocenters. The van der Waals surface area contributed by atoms with Crippen molar-refractivity contribution in [2.24, 2.45) is 0 Å². The SMILES string of the molecule is CSCCC(C)NCc1cc(C)c(C)cc1C. The normalized spacial score (nSPS) is 12.8. The number of hydrogen-bond acceptors (Lipinski definition) is 2. The van der Waals surface area contributed by atoms with Crippen molar-refractivity contribution in [3.05, 3.63) is 34.4 Å². The molecule has 1 N–H and O–H groups in total. The predicted molar refractivity (Wildman–Crippen MR) is 80.0 cm³/mol. The highest BCUT2D eigenvalue weighted by atomic mass is 32.2. The summed E-state index contributed by atoms with van der Waals surface area (Å²) in [5.74, 6) is 1.24. The summed E-state index contributed by atoms with van der Waals surface area (Å²) in [6, 6.07) is 5.21. The first-order valence-electron chi connectivity index (χ1n) is 6.33. The van der Waals surface area contributed by atoms with Gasteiger partial charge in [0.25, 0.3) is 0 Å². The fraction of sp³-hybridized carbons (Fsp3) is 0.600. The van der Waals surface area contributed by atoms with E-state index in [1.54, 1.807) is 0 Å². The van der Waals surface area contributed by atoms with Gasteiger partial charge >= 0.3 is 0 Å². The van der Waals surface area contributed by atoms with Crippen LogP contribution in [0.4, 0.5) is 0 Å². The molecule has 1 nitrogen and oxygen atoms in total. The molecule has 1 aromatic carbocycles. The topological polar surface area (TPSA) is 12.0 Å². The highest BCUT2D eigenvalue weighted by Crippen LogP contribution is 2.15. The van der Waals surface area contributed by atoms with E-state index in [1.807, 2.05) is 11.8 Å². The Kier molecular flexibility index (Phi) is 6.07. The second-order valence-electron chi connectivity index (χ2n) is 4.93. The number of nitrogens with one attached hydrogen (secondary N) is 1. The van der Waals surface area contributed by atoms with Crippen LogP contribution in [0.25, 0.3) is 0 Å². The van der Waals surface area contributed by atoms with Crippen LogP contribution in [0.2, 0.25) is 0 Å². The minimum atomic E-state index is 0.600. The Morgan fingerprint density at radius 2 is 1.76 bits per heavy atom. The molecule has 0 heterocycles. The van der Waals surface area contributed by atoms with Crippen molar-refractivity contribution >= 4 is 11.8 Å². The molecule has 2 heteroatoms. The van der Waals surface area contributed by atoms with Crippen LogP contribution < -0.4 is 5.32 Å². The van der Waals surface area contributed by atoms with E-state index in [0.29, 0.717) is 6.04 Å². The minimum absolute atomic E-state index is 0.600. The van der Waals surface area contributed by atoms with Gasteiger partial charge in [0, 0.05) is 12.6 Å². The van der Waals surface area contributed by atoms with Crippen molar-refractivity contribution < 1.29 is 0 Å². The molecule has 0 aromatic heterocycles. The van der Waals surface area contributed by atoms with Crippen LogP contribution in [0.5, 0.6) is 0 Å². The highest BCUT2D eigenvalue weighted by Gasteiger charge is 2.04. The molecule has 1 unspecified atom stereocenters. The second-order valence-corrected chi connectivity index (χ2v) is 5.91. The smallest absolute Gasteiger partial charge is 0.0210 e. The fourth-order valence-electron chi connectivity index (χ4n) is 1.89. The Balaban J connectivity index is 2.54. The number of rotatable bonds is 6. The monoisotopic (exact) mass is 251 g/mol. The van der Waals surface area contributed by atoms with Crippen molar-refractivity contribution in [3.63, 3.8) is 0 Å². The number of thioether (sulfide) groups is 1. The van der Waals surface area contributed by atoms with Crippen LogP contribution in [-0.4, -0.2) is 18.1 Å². The largest absolute Gasteiger partial charge is 0.310 e. The van der Waals surface area contributed by atoms with Crippen LogP contribution >= 0.6 is 11.8 Å². The molecule has 0 saturated heterocycles. The molecular weight excluding hydrogens is 226 g/mol. The van der Waals surface area contributed by atoms with Gasteiger partial charge in [0.1, 0.15) is 0 Å². The van der Waals surface area contributed by atoms with E-state index in [0.717, 1.165) is 6.54 Å². The Morgan fingerprint density at radius 3 is 2.41 bits per heavy atom. The molecule has 0 radical (unpaired) electrons. The minimum Gasteiger partial charge on any atom is -0.310 e. The van der Waals surface area contributed by atoms with E-state index in [1.165, 1.54) is 34.4 Å². The zero-order valence-corrected chi connectivity index (χ0v) is 12.6. The highest BCUT2D eigenvalue weighted by molar-refractivity contribution is 7.98. The van der Waals surface area contributed by atoms with Gasteiger partial charge in [0.05, 0.1) is 0 Å². The maximum Gasteiger partial charge on any atom is 0.0210 e. The first-order valence-corrected chi connectivity index (χ1v) is 7.73. The molecule has 0 amide bonds. The molecule has 0 saturated carbocycles. The Hall–Kier alpha value is -0.470. The molecule has 0 fully saturated rings. The van der Waals surface area contributed by atoms with Crippen molar-refractivity contribution in [1.29, 1.82) is 0 Å². The van der Waals surface area contributed by atoms with Crippen LogP contribution in [-0.2, 0) is 6.54 Å². The van der Waals surface area contributed by atoms with E-state index in [-0.39, 0.29) is 0 Å². The average molecular weight is 251 g/mol. The van der Waals surface area contributed by atoms with E-state index < -0.39 is 0 Å². The summed E-state index contributed by atoms with van der Waals surface area (Å²) in [4.78, 5) is 0. The predicted octanol–water partition coefficient (Wildman–Crippen LogP) is 3.84. The van der Waals surface area contributed by atoms with Crippen LogP contribution in [0, 0.1) is 20.8 Å². The third-order valence-electron chi connectivity index (χ3n) is 3.35. The Labute approximate surface area is 110 Å². The fourth-order valence-corrected chi connectivity index (χ4v) is 2.48. The summed E-state index contributed by atoms with van der Waals surface area (Å²) < 4.78 is 0. The second kappa shape index (κ2) is 7.07. The summed E-state index contributed by atoms with van der Waals surface area (Å²) in [5.41, 5.74) is 5.62. The molecule has 0 aliphatic rings. The summed E-state index contributed by atoms with van der Waals surface area (Å²) in [7, 11) is 0. The van der Waals surface area contributed by atoms with Crippen molar-refractivity contribution in [1.82, 2.24) is 5.32 Å². The van der Waals surface area contributed by atoms with Gasteiger partial charge < -0.3 is 5.32 Å². The lowest BCUT2D eigenvalue weighted by atomic mass is 10.0. The maximum atomic E-state index is 3.61. The summed E-state index contributed by atoms with van der Waals surface area (Å²) in [5, 5.41) is 3.61. The molecular formula is C15H25NS. The van der Waals surface area contributed by atoms with Crippen molar-refractivity contribution in [2.45, 2.75) is 46.7 Å². The lowest BCUT2D eigenvalue weighted by Gasteiger charge is -2.15. The van der Waals surface area contributed by atoms with E-state index >= 15 is 0 Å². The first kappa shape index (κ1) is 14.6.